The molecule has 0 fully saturated rings. The molecular formula is C24H25ClN4OS2. The number of benzene rings is 2. The van der Waals surface area contributed by atoms with Gasteiger partial charge in [0.25, 0.3) is 0 Å². The van der Waals surface area contributed by atoms with Crippen molar-refractivity contribution in [3.63, 3.8) is 0 Å². The van der Waals surface area contributed by atoms with Crippen LogP contribution in [0.5, 0.6) is 5.75 Å². The van der Waals surface area contributed by atoms with E-state index in [2.05, 4.69) is 58.3 Å². The average molecular weight is 485 g/mol. The van der Waals surface area contributed by atoms with Gasteiger partial charge in [-0.25, -0.2) is 4.98 Å². The van der Waals surface area contributed by atoms with Gasteiger partial charge in [0, 0.05) is 28.3 Å². The van der Waals surface area contributed by atoms with Crippen molar-refractivity contribution in [3.05, 3.63) is 75.5 Å². The smallest absolute Gasteiger partial charge is 0.191 e. The summed E-state index contributed by atoms with van der Waals surface area (Å²) in [5, 5.41) is 13.6. The van der Waals surface area contributed by atoms with Gasteiger partial charge >= 0.3 is 0 Å². The number of hydrogen-bond acceptors (Lipinski definition) is 6. The molecule has 0 aliphatic heterocycles. The minimum atomic E-state index is -0.233. The van der Waals surface area contributed by atoms with Crippen molar-refractivity contribution >= 4 is 34.7 Å². The lowest BCUT2D eigenvalue weighted by atomic mass is 10.1. The number of aryl methyl sites for hydroxylation is 2. The summed E-state index contributed by atoms with van der Waals surface area (Å²) < 4.78 is 8.27. The molecule has 0 N–H and O–H groups in total. The molecule has 166 valence electrons. The Balaban J connectivity index is 1.46. The standard InChI is InChI=1S/C24H25ClN4OS2/c1-5-29-22(17(4)30-21-11-10-18(25)12-16(21)3)27-28-24(29)32-14-19-13-31-23(26-19)20-9-7-6-8-15(20)2/h6-13,17H,5,14H2,1-4H3. The van der Waals surface area contributed by atoms with Gasteiger partial charge in [0.15, 0.2) is 17.1 Å². The first-order valence-corrected chi connectivity index (χ1v) is 12.7. The van der Waals surface area contributed by atoms with Crippen LogP contribution in [0.25, 0.3) is 10.6 Å². The lowest BCUT2D eigenvalue weighted by Crippen LogP contribution is -2.12. The van der Waals surface area contributed by atoms with Crippen LogP contribution in [-0.2, 0) is 12.3 Å². The number of rotatable bonds is 8. The van der Waals surface area contributed by atoms with Crippen LogP contribution in [0.1, 0.15) is 42.6 Å². The van der Waals surface area contributed by atoms with Crippen LogP contribution >= 0.6 is 34.7 Å². The van der Waals surface area contributed by atoms with E-state index in [1.807, 2.05) is 32.0 Å². The van der Waals surface area contributed by atoms with Crippen molar-refractivity contribution in [3.8, 4) is 16.3 Å². The number of thiazole rings is 1. The van der Waals surface area contributed by atoms with Gasteiger partial charge in [-0.3, -0.25) is 0 Å². The average Bonchev–Trinajstić information content (AvgIpc) is 3.41. The van der Waals surface area contributed by atoms with Gasteiger partial charge in [-0.05, 0) is 57.0 Å². The molecule has 0 spiro atoms. The SMILES string of the molecule is CCn1c(SCc2csc(-c3ccccc3C)n2)nnc1C(C)Oc1ccc(Cl)cc1C. The van der Waals surface area contributed by atoms with Gasteiger partial charge in [0.05, 0.1) is 5.69 Å². The van der Waals surface area contributed by atoms with Gasteiger partial charge in [-0.2, -0.15) is 0 Å². The second-order valence-corrected chi connectivity index (χ2v) is 9.74. The first-order valence-electron chi connectivity index (χ1n) is 10.5. The molecule has 0 amide bonds. The van der Waals surface area contributed by atoms with E-state index in [4.69, 9.17) is 21.3 Å². The molecule has 0 bridgehead atoms. The molecule has 0 radical (unpaired) electrons. The Bertz CT molecular complexity index is 1220. The van der Waals surface area contributed by atoms with Gasteiger partial charge in [-0.1, -0.05) is 47.6 Å². The quantitative estimate of drug-likeness (QED) is 0.249. The highest BCUT2D eigenvalue weighted by Crippen LogP contribution is 2.31. The Kier molecular flexibility index (Phi) is 7.18. The summed E-state index contributed by atoms with van der Waals surface area (Å²) in [4.78, 5) is 4.83. The van der Waals surface area contributed by atoms with Gasteiger partial charge in [0.2, 0.25) is 0 Å². The van der Waals surface area contributed by atoms with Crippen LogP contribution in [0.2, 0.25) is 5.02 Å². The summed E-state index contributed by atoms with van der Waals surface area (Å²) in [6.07, 6.45) is -0.233. The Morgan fingerprint density at radius 3 is 2.69 bits per heavy atom. The number of ether oxygens (including phenoxy) is 1. The Hall–Kier alpha value is -2.35. The van der Waals surface area contributed by atoms with E-state index in [-0.39, 0.29) is 6.10 Å². The van der Waals surface area contributed by atoms with Crippen molar-refractivity contribution in [1.29, 1.82) is 0 Å². The largest absolute Gasteiger partial charge is 0.482 e. The molecule has 1 atom stereocenters. The van der Waals surface area contributed by atoms with Gasteiger partial charge in [0.1, 0.15) is 10.8 Å². The lowest BCUT2D eigenvalue weighted by Gasteiger charge is -2.17. The summed E-state index contributed by atoms with van der Waals surface area (Å²) in [5.74, 6) is 2.35. The van der Waals surface area contributed by atoms with Crippen molar-refractivity contribution in [1.82, 2.24) is 19.7 Å². The lowest BCUT2D eigenvalue weighted by molar-refractivity contribution is 0.208. The zero-order valence-electron chi connectivity index (χ0n) is 18.5. The van der Waals surface area contributed by atoms with Crippen LogP contribution < -0.4 is 4.74 Å². The van der Waals surface area contributed by atoms with Crippen LogP contribution in [0.15, 0.2) is 53.0 Å². The molecule has 0 saturated heterocycles. The number of nitrogens with zero attached hydrogens (tertiary/aromatic N) is 4. The first kappa shape index (κ1) is 22.8. The Morgan fingerprint density at radius 1 is 1.12 bits per heavy atom. The maximum absolute atomic E-state index is 6.17. The minimum absolute atomic E-state index is 0.233. The molecule has 5 nitrogen and oxygen atoms in total. The molecule has 4 aromatic rings. The van der Waals surface area contributed by atoms with Crippen molar-refractivity contribution in [2.24, 2.45) is 0 Å². The maximum Gasteiger partial charge on any atom is 0.191 e. The van der Waals surface area contributed by atoms with E-state index in [0.29, 0.717) is 5.02 Å². The molecule has 2 aromatic carbocycles. The number of hydrogen-bond donors (Lipinski definition) is 0. The summed E-state index contributed by atoms with van der Waals surface area (Å²) in [6.45, 7) is 8.96. The molecule has 2 aromatic heterocycles. The van der Waals surface area contributed by atoms with E-state index < -0.39 is 0 Å². The molecule has 2 heterocycles. The topological polar surface area (TPSA) is 52.8 Å². The fraction of sp³-hybridized carbons (Fsp3) is 0.292. The molecular weight excluding hydrogens is 460 g/mol. The molecule has 0 aliphatic carbocycles. The zero-order valence-corrected chi connectivity index (χ0v) is 20.9. The molecule has 0 saturated carbocycles. The maximum atomic E-state index is 6.17. The summed E-state index contributed by atoms with van der Waals surface area (Å²) >= 11 is 9.39. The second kappa shape index (κ2) is 10.1. The summed E-state index contributed by atoms with van der Waals surface area (Å²) in [7, 11) is 0. The molecule has 4 rings (SSSR count). The fourth-order valence-corrected chi connectivity index (χ4v) is 5.59. The molecule has 32 heavy (non-hydrogen) atoms. The van der Waals surface area contributed by atoms with Crippen LogP contribution in [0.3, 0.4) is 0 Å². The molecule has 0 aliphatic rings. The summed E-state index contributed by atoms with van der Waals surface area (Å²) in [5.41, 5.74) is 4.47. The predicted octanol–water partition coefficient (Wildman–Crippen LogP) is 7.12. The Morgan fingerprint density at radius 2 is 1.94 bits per heavy atom. The third kappa shape index (κ3) is 5.00. The highest BCUT2D eigenvalue weighted by molar-refractivity contribution is 7.98. The number of halogens is 1. The highest BCUT2D eigenvalue weighted by atomic mass is 35.5. The van der Waals surface area contributed by atoms with Gasteiger partial charge in [-0.15, -0.1) is 21.5 Å². The number of thioether (sulfide) groups is 1. The third-order valence-electron chi connectivity index (χ3n) is 5.14. The van der Waals surface area contributed by atoms with Crippen LogP contribution in [0.4, 0.5) is 0 Å². The third-order valence-corrected chi connectivity index (χ3v) is 7.30. The van der Waals surface area contributed by atoms with Crippen molar-refractivity contribution in [2.75, 3.05) is 0 Å². The van der Waals surface area contributed by atoms with E-state index >= 15 is 0 Å². The van der Waals surface area contributed by atoms with Crippen LogP contribution in [-0.4, -0.2) is 19.7 Å². The normalized spacial score (nSPS) is 12.2. The first-order chi connectivity index (χ1) is 15.5. The predicted molar refractivity (Wildman–Crippen MR) is 133 cm³/mol. The van der Waals surface area contributed by atoms with E-state index in [1.54, 1.807) is 23.1 Å². The monoisotopic (exact) mass is 484 g/mol. The second-order valence-electron chi connectivity index (χ2n) is 7.50. The van der Waals surface area contributed by atoms with E-state index in [9.17, 15) is 0 Å². The Labute approximate surface area is 201 Å². The number of aromatic nitrogens is 4. The van der Waals surface area contributed by atoms with Gasteiger partial charge < -0.3 is 9.30 Å². The van der Waals surface area contributed by atoms with Crippen molar-refractivity contribution in [2.45, 2.75) is 51.3 Å². The molecule has 8 heteroatoms. The fourth-order valence-electron chi connectivity index (χ4n) is 3.44. The van der Waals surface area contributed by atoms with Crippen molar-refractivity contribution < 1.29 is 4.74 Å². The zero-order chi connectivity index (χ0) is 22.7. The summed E-state index contributed by atoms with van der Waals surface area (Å²) in [6, 6.07) is 14.0. The molecule has 1 unspecified atom stereocenters. The highest BCUT2D eigenvalue weighted by Gasteiger charge is 2.20. The van der Waals surface area contributed by atoms with E-state index in [0.717, 1.165) is 45.3 Å². The minimum Gasteiger partial charge on any atom is -0.482 e. The van der Waals surface area contributed by atoms with Crippen LogP contribution in [0, 0.1) is 13.8 Å². The van der Waals surface area contributed by atoms with E-state index in [1.165, 1.54) is 11.1 Å².